The first-order valence-corrected chi connectivity index (χ1v) is 4.68. The molecule has 0 heterocycles. The van der Waals surface area contributed by atoms with Crippen LogP contribution >= 0.6 is 0 Å². The fourth-order valence-electron chi connectivity index (χ4n) is 0.920. The summed E-state index contributed by atoms with van der Waals surface area (Å²) in [6.45, 7) is -2.59. The van der Waals surface area contributed by atoms with E-state index in [1.165, 1.54) is 0 Å². The molecule has 114 valence electrons. The Morgan fingerprint density at radius 1 is 0.895 bits per heavy atom. The van der Waals surface area contributed by atoms with Crippen LogP contribution in [0.2, 0.25) is 0 Å². The number of rotatable bonds is 8. The highest BCUT2D eigenvalue weighted by molar-refractivity contribution is 5.03. The quantitative estimate of drug-likeness (QED) is 0.424. The Labute approximate surface area is 102 Å². The fourth-order valence-corrected chi connectivity index (χ4v) is 0.920. The summed E-state index contributed by atoms with van der Waals surface area (Å²) in [5, 5.41) is 7.92. The molecule has 0 bridgehead atoms. The maximum atomic E-state index is 12.9. The Bertz CT molecular complexity index is 315. The molecule has 2 nitrogen and oxygen atoms in total. The molecule has 0 spiro atoms. The predicted octanol–water partition coefficient (Wildman–Crippen LogP) is 2.72. The van der Waals surface area contributed by atoms with E-state index in [-0.39, 0.29) is 0 Å². The van der Waals surface area contributed by atoms with Gasteiger partial charge in [0.2, 0.25) is 0 Å². The standard InChI is InChI=1S/C9H10F8O2/c1-2-3-19-5-7(12,13)9(16,17)8(14,15)6(10,11)4-18/h2,18H,1,3-5H2. The molecule has 0 aromatic rings. The molecule has 0 atom stereocenters. The summed E-state index contributed by atoms with van der Waals surface area (Å²) in [4.78, 5) is 0. The van der Waals surface area contributed by atoms with Gasteiger partial charge in [-0.3, -0.25) is 0 Å². The van der Waals surface area contributed by atoms with Gasteiger partial charge in [0.15, 0.2) is 0 Å². The third-order valence-electron chi connectivity index (χ3n) is 2.03. The second-order valence-electron chi connectivity index (χ2n) is 3.52. The van der Waals surface area contributed by atoms with Crippen molar-refractivity contribution in [1.29, 1.82) is 0 Å². The van der Waals surface area contributed by atoms with Gasteiger partial charge in [-0.2, -0.15) is 35.1 Å². The van der Waals surface area contributed by atoms with Crippen LogP contribution in [0.15, 0.2) is 12.7 Å². The van der Waals surface area contributed by atoms with Crippen LogP contribution in [0.3, 0.4) is 0 Å². The Kier molecular flexibility index (Phi) is 5.35. The van der Waals surface area contributed by atoms with Crippen LogP contribution in [0.25, 0.3) is 0 Å². The Hall–Kier alpha value is -0.900. The van der Waals surface area contributed by atoms with Crippen molar-refractivity contribution in [2.24, 2.45) is 0 Å². The van der Waals surface area contributed by atoms with Crippen molar-refractivity contribution < 1.29 is 45.0 Å². The second kappa shape index (κ2) is 5.61. The van der Waals surface area contributed by atoms with Gasteiger partial charge in [0.05, 0.1) is 6.61 Å². The number of halogens is 8. The van der Waals surface area contributed by atoms with E-state index in [1.807, 2.05) is 0 Å². The maximum absolute atomic E-state index is 12.9. The topological polar surface area (TPSA) is 29.5 Å². The number of alkyl halides is 8. The average molecular weight is 302 g/mol. The summed E-state index contributed by atoms with van der Waals surface area (Å²) in [6, 6.07) is 0. The summed E-state index contributed by atoms with van der Waals surface area (Å²) < 4.78 is 106. The van der Waals surface area contributed by atoms with Crippen molar-refractivity contribution in [2.75, 3.05) is 19.8 Å². The van der Waals surface area contributed by atoms with Gasteiger partial charge in [0, 0.05) is 0 Å². The van der Waals surface area contributed by atoms with Gasteiger partial charge in [-0.05, 0) is 0 Å². The number of aliphatic hydroxyl groups excluding tert-OH is 1. The van der Waals surface area contributed by atoms with Crippen molar-refractivity contribution in [1.82, 2.24) is 0 Å². The summed E-state index contributed by atoms with van der Waals surface area (Å²) in [5.74, 6) is -24.1. The third-order valence-corrected chi connectivity index (χ3v) is 2.03. The van der Waals surface area contributed by atoms with Gasteiger partial charge in [0.25, 0.3) is 0 Å². The number of aliphatic hydroxyl groups is 1. The highest BCUT2D eigenvalue weighted by Gasteiger charge is 2.80. The maximum Gasteiger partial charge on any atom is 0.380 e. The number of ether oxygens (including phenoxy) is 1. The van der Waals surface area contributed by atoms with Crippen LogP contribution in [-0.4, -0.2) is 48.6 Å². The highest BCUT2D eigenvalue weighted by atomic mass is 19.4. The molecular weight excluding hydrogens is 292 g/mol. The third kappa shape index (κ3) is 3.16. The van der Waals surface area contributed by atoms with E-state index >= 15 is 0 Å². The van der Waals surface area contributed by atoms with Gasteiger partial charge < -0.3 is 9.84 Å². The Morgan fingerprint density at radius 3 is 1.68 bits per heavy atom. The first-order chi connectivity index (χ1) is 8.37. The van der Waals surface area contributed by atoms with Crippen LogP contribution in [-0.2, 0) is 4.74 Å². The summed E-state index contributed by atoms with van der Waals surface area (Å²) in [5.41, 5.74) is 0. The molecule has 0 radical (unpaired) electrons. The largest absolute Gasteiger partial charge is 0.390 e. The van der Waals surface area contributed by atoms with Crippen LogP contribution in [0, 0.1) is 0 Å². The molecule has 0 aliphatic rings. The highest BCUT2D eigenvalue weighted by Crippen LogP contribution is 2.52. The van der Waals surface area contributed by atoms with Crippen molar-refractivity contribution in [2.45, 2.75) is 23.7 Å². The predicted molar refractivity (Wildman–Crippen MR) is 47.9 cm³/mol. The number of hydrogen-bond donors (Lipinski definition) is 1. The van der Waals surface area contributed by atoms with E-state index in [9.17, 15) is 35.1 Å². The van der Waals surface area contributed by atoms with E-state index in [0.29, 0.717) is 0 Å². The molecule has 0 amide bonds. The van der Waals surface area contributed by atoms with Gasteiger partial charge in [-0.15, -0.1) is 6.58 Å². The van der Waals surface area contributed by atoms with E-state index in [2.05, 4.69) is 11.3 Å². The monoisotopic (exact) mass is 302 g/mol. The zero-order valence-corrected chi connectivity index (χ0v) is 9.28. The summed E-state index contributed by atoms with van der Waals surface area (Å²) >= 11 is 0. The molecule has 0 aromatic heterocycles. The van der Waals surface area contributed by atoms with Crippen molar-refractivity contribution >= 4 is 0 Å². The second-order valence-corrected chi connectivity index (χ2v) is 3.52. The van der Waals surface area contributed by atoms with Gasteiger partial charge in [-0.1, -0.05) is 6.08 Å². The lowest BCUT2D eigenvalue weighted by atomic mass is 9.99. The lowest BCUT2D eigenvalue weighted by Crippen LogP contribution is -2.64. The van der Waals surface area contributed by atoms with Gasteiger partial charge in [-0.25, -0.2) is 0 Å². The molecule has 0 rings (SSSR count). The van der Waals surface area contributed by atoms with Crippen LogP contribution in [0.4, 0.5) is 35.1 Å². The van der Waals surface area contributed by atoms with Crippen molar-refractivity contribution in [3.63, 3.8) is 0 Å². The zero-order valence-electron chi connectivity index (χ0n) is 9.28. The van der Waals surface area contributed by atoms with Crippen molar-refractivity contribution in [3.05, 3.63) is 12.7 Å². The minimum absolute atomic E-state index is 0.659. The lowest BCUT2D eigenvalue weighted by Gasteiger charge is -2.35. The average Bonchev–Trinajstić information content (AvgIpc) is 2.28. The van der Waals surface area contributed by atoms with Crippen molar-refractivity contribution in [3.8, 4) is 0 Å². The normalized spacial score (nSPS) is 14.6. The molecule has 19 heavy (non-hydrogen) atoms. The van der Waals surface area contributed by atoms with E-state index in [4.69, 9.17) is 5.11 Å². The Morgan fingerprint density at radius 2 is 1.32 bits per heavy atom. The van der Waals surface area contributed by atoms with E-state index in [0.717, 1.165) is 6.08 Å². The molecule has 0 aliphatic heterocycles. The van der Waals surface area contributed by atoms with Crippen LogP contribution in [0.5, 0.6) is 0 Å². The summed E-state index contributed by atoms with van der Waals surface area (Å²) in [7, 11) is 0. The lowest BCUT2D eigenvalue weighted by molar-refractivity contribution is -0.375. The van der Waals surface area contributed by atoms with Gasteiger partial charge in [0.1, 0.15) is 13.2 Å². The minimum atomic E-state index is -6.45. The molecule has 0 aromatic carbocycles. The molecular formula is C9H10F8O2. The smallest absolute Gasteiger partial charge is 0.380 e. The Balaban J connectivity index is 5.27. The molecule has 0 aliphatic carbocycles. The SMILES string of the molecule is C=CCOCC(F)(F)C(F)(F)C(F)(F)C(F)(F)CO. The van der Waals surface area contributed by atoms with Gasteiger partial charge >= 0.3 is 23.7 Å². The molecule has 1 N–H and O–H groups in total. The first-order valence-electron chi connectivity index (χ1n) is 4.68. The van der Waals surface area contributed by atoms with E-state index < -0.39 is 43.5 Å². The molecule has 0 fully saturated rings. The fraction of sp³-hybridized carbons (Fsp3) is 0.778. The zero-order chi connectivity index (χ0) is 15.5. The molecule has 10 heteroatoms. The molecule has 0 unspecified atom stereocenters. The number of hydrogen-bond acceptors (Lipinski definition) is 2. The van der Waals surface area contributed by atoms with Crippen LogP contribution in [0.1, 0.15) is 0 Å². The first kappa shape index (κ1) is 18.1. The summed E-state index contributed by atoms with van der Waals surface area (Å²) in [6.07, 6.45) is 0.870. The van der Waals surface area contributed by atoms with Crippen LogP contribution < -0.4 is 0 Å². The minimum Gasteiger partial charge on any atom is -0.390 e. The molecule has 0 saturated carbocycles. The van der Waals surface area contributed by atoms with E-state index in [1.54, 1.807) is 0 Å². The molecule has 0 saturated heterocycles.